The highest BCUT2D eigenvalue weighted by atomic mass is 35.5. The van der Waals surface area contributed by atoms with E-state index < -0.39 is 0 Å². The summed E-state index contributed by atoms with van der Waals surface area (Å²) >= 11 is 5.97. The first kappa shape index (κ1) is 17.5. The molecule has 0 aliphatic carbocycles. The lowest BCUT2D eigenvalue weighted by molar-refractivity contribution is -0.132. The Kier molecular flexibility index (Phi) is 7.83. The zero-order chi connectivity index (χ0) is 15.7. The van der Waals surface area contributed by atoms with Gasteiger partial charge in [0.25, 0.3) is 0 Å². The minimum absolute atomic E-state index is 0.0632. The highest BCUT2D eigenvalue weighted by Crippen LogP contribution is 2.13. The lowest BCUT2D eigenvalue weighted by Crippen LogP contribution is -2.32. The number of hydrogen-bond acceptors (Lipinski definition) is 2. The van der Waals surface area contributed by atoms with Gasteiger partial charge in [-0.3, -0.25) is 9.59 Å². The number of benzene rings is 1. The van der Waals surface area contributed by atoms with Crippen molar-refractivity contribution in [3.63, 3.8) is 0 Å². The average Bonchev–Trinajstić information content (AvgIpc) is 2.43. The van der Waals surface area contributed by atoms with E-state index in [9.17, 15) is 9.59 Å². The Balaban J connectivity index is 2.51. The fourth-order valence-corrected chi connectivity index (χ4v) is 2.29. The molecule has 5 heteroatoms. The molecule has 0 aromatic heterocycles. The summed E-state index contributed by atoms with van der Waals surface area (Å²) in [6.45, 7) is 5.37. The smallest absolute Gasteiger partial charge is 0.222 e. The van der Waals surface area contributed by atoms with Crippen LogP contribution in [0.5, 0.6) is 0 Å². The van der Waals surface area contributed by atoms with Gasteiger partial charge in [-0.2, -0.15) is 0 Å². The third-order valence-corrected chi connectivity index (χ3v) is 3.29. The molecule has 21 heavy (non-hydrogen) atoms. The van der Waals surface area contributed by atoms with Crippen LogP contribution in [0, 0.1) is 0 Å². The van der Waals surface area contributed by atoms with E-state index in [1.54, 1.807) is 0 Å². The second kappa shape index (κ2) is 9.40. The lowest BCUT2D eigenvalue weighted by atomic mass is 10.2. The minimum Gasteiger partial charge on any atom is -0.356 e. The number of carbonyl (C=O) groups excluding carboxylic acids is 2. The number of halogens is 1. The number of nitrogens with one attached hydrogen (secondary N) is 1. The maximum atomic E-state index is 12.2. The van der Waals surface area contributed by atoms with Gasteiger partial charge in [0.1, 0.15) is 0 Å². The second-order valence-corrected chi connectivity index (χ2v) is 5.47. The molecule has 1 rings (SSSR count). The number of nitrogens with zero attached hydrogens (tertiary/aromatic N) is 1. The van der Waals surface area contributed by atoms with Gasteiger partial charge in [-0.05, 0) is 30.5 Å². The standard InChI is InChI=1S/C16H23ClN2O2/c1-3-10-19(12-14-6-4-7-15(17)11-14)16(21)8-5-9-18-13(2)20/h4,6-7,11H,3,5,8-10,12H2,1-2H3,(H,18,20). The van der Waals surface area contributed by atoms with Crippen LogP contribution in [0.15, 0.2) is 24.3 Å². The maximum Gasteiger partial charge on any atom is 0.222 e. The Bertz CT molecular complexity index is 477. The van der Waals surface area contributed by atoms with Crippen LogP contribution in [0.3, 0.4) is 0 Å². The van der Waals surface area contributed by atoms with Gasteiger partial charge in [-0.25, -0.2) is 0 Å². The van der Waals surface area contributed by atoms with E-state index in [4.69, 9.17) is 11.6 Å². The Labute approximate surface area is 131 Å². The zero-order valence-electron chi connectivity index (χ0n) is 12.7. The van der Waals surface area contributed by atoms with E-state index in [0.717, 1.165) is 18.5 Å². The second-order valence-electron chi connectivity index (χ2n) is 5.03. The first-order chi connectivity index (χ1) is 10.0. The summed E-state index contributed by atoms with van der Waals surface area (Å²) in [6, 6.07) is 7.57. The average molecular weight is 311 g/mol. The summed E-state index contributed by atoms with van der Waals surface area (Å²) in [5, 5.41) is 3.38. The van der Waals surface area contributed by atoms with Crippen LogP contribution in [-0.4, -0.2) is 29.8 Å². The third-order valence-electron chi connectivity index (χ3n) is 3.05. The summed E-state index contributed by atoms with van der Waals surface area (Å²) in [4.78, 5) is 24.9. The van der Waals surface area contributed by atoms with Gasteiger partial charge in [-0.1, -0.05) is 30.7 Å². The Hall–Kier alpha value is -1.55. The Morgan fingerprint density at radius 3 is 2.71 bits per heavy atom. The van der Waals surface area contributed by atoms with E-state index in [1.807, 2.05) is 29.2 Å². The van der Waals surface area contributed by atoms with Crippen LogP contribution in [0.25, 0.3) is 0 Å². The fraction of sp³-hybridized carbons (Fsp3) is 0.500. The highest BCUT2D eigenvalue weighted by molar-refractivity contribution is 6.30. The van der Waals surface area contributed by atoms with Gasteiger partial charge in [0.2, 0.25) is 11.8 Å². The number of rotatable bonds is 8. The van der Waals surface area contributed by atoms with Gasteiger partial charge in [0.15, 0.2) is 0 Å². The van der Waals surface area contributed by atoms with Gasteiger partial charge >= 0.3 is 0 Å². The molecule has 0 aliphatic heterocycles. The van der Waals surface area contributed by atoms with Crippen molar-refractivity contribution in [1.29, 1.82) is 0 Å². The van der Waals surface area contributed by atoms with Crippen LogP contribution in [-0.2, 0) is 16.1 Å². The summed E-state index contributed by atoms with van der Waals surface area (Å²) < 4.78 is 0. The van der Waals surface area contributed by atoms with Crippen molar-refractivity contribution in [3.05, 3.63) is 34.9 Å². The van der Waals surface area contributed by atoms with E-state index in [-0.39, 0.29) is 11.8 Å². The lowest BCUT2D eigenvalue weighted by Gasteiger charge is -2.22. The van der Waals surface area contributed by atoms with E-state index in [2.05, 4.69) is 12.2 Å². The molecule has 0 spiro atoms. The van der Waals surface area contributed by atoms with Gasteiger partial charge in [0.05, 0.1) is 0 Å². The van der Waals surface area contributed by atoms with Crippen molar-refractivity contribution < 1.29 is 9.59 Å². The van der Waals surface area contributed by atoms with Crippen LogP contribution in [0.2, 0.25) is 5.02 Å². The maximum absolute atomic E-state index is 12.2. The van der Waals surface area contributed by atoms with Crippen molar-refractivity contribution in [2.45, 2.75) is 39.7 Å². The topological polar surface area (TPSA) is 49.4 Å². The molecule has 0 bridgehead atoms. The molecule has 116 valence electrons. The predicted molar refractivity (Wildman–Crippen MR) is 85.1 cm³/mol. The third kappa shape index (κ3) is 7.14. The molecule has 0 saturated carbocycles. The number of amides is 2. The molecule has 1 N–H and O–H groups in total. The van der Waals surface area contributed by atoms with Crippen molar-refractivity contribution in [1.82, 2.24) is 10.2 Å². The van der Waals surface area contributed by atoms with Crippen LogP contribution in [0.1, 0.15) is 38.7 Å². The molecule has 0 atom stereocenters. The Morgan fingerprint density at radius 2 is 2.10 bits per heavy atom. The van der Waals surface area contributed by atoms with Crippen molar-refractivity contribution in [3.8, 4) is 0 Å². The molecule has 0 aliphatic rings. The van der Waals surface area contributed by atoms with Gasteiger partial charge in [-0.15, -0.1) is 0 Å². The molecular formula is C16H23ClN2O2. The predicted octanol–water partition coefficient (Wildman–Crippen LogP) is 2.99. The molecule has 2 amide bonds. The first-order valence-corrected chi connectivity index (χ1v) is 7.67. The zero-order valence-corrected chi connectivity index (χ0v) is 13.4. The van der Waals surface area contributed by atoms with Crippen molar-refractivity contribution in [2.75, 3.05) is 13.1 Å². The summed E-state index contributed by atoms with van der Waals surface area (Å²) in [6.07, 6.45) is 2.02. The van der Waals surface area contributed by atoms with Crippen LogP contribution < -0.4 is 5.32 Å². The molecule has 0 radical (unpaired) electrons. The summed E-state index contributed by atoms with van der Waals surface area (Å²) in [5.41, 5.74) is 1.03. The monoisotopic (exact) mass is 310 g/mol. The molecule has 4 nitrogen and oxygen atoms in total. The van der Waals surface area contributed by atoms with Gasteiger partial charge in [0, 0.05) is 38.0 Å². The Morgan fingerprint density at radius 1 is 1.33 bits per heavy atom. The number of hydrogen-bond donors (Lipinski definition) is 1. The summed E-state index contributed by atoms with van der Waals surface area (Å²) in [5.74, 6) is 0.0500. The molecule has 0 unspecified atom stereocenters. The largest absolute Gasteiger partial charge is 0.356 e. The van der Waals surface area contributed by atoms with Gasteiger partial charge < -0.3 is 10.2 Å². The number of carbonyl (C=O) groups is 2. The highest BCUT2D eigenvalue weighted by Gasteiger charge is 2.13. The fourth-order valence-electron chi connectivity index (χ4n) is 2.08. The summed E-state index contributed by atoms with van der Waals surface area (Å²) in [7, 11) is 0. The molecule has 1 aromatic carbocycles. The van der Waals surface area contributed by atoms with Crippen LogP contribution >= 0.6 is 11.6 Å². The first-order valence-electron chi connectivity index (χ1n) is 7.29. The quantitative estimate of drug-likeness (QED) is 0.750. The van der Waals surface area contributed by atoms with E-state index >= 15 is 0 Å². The van der Waals surface area contributed by atoms with Crippen LogP contribution in [0.4, 0.5) is 0 Å². The van der Waals surface area contributed by atoms with Crippen molar-refractivity contribution in [2.24, 2.45) is 0 Å². The van der Waals surface area contributed by atoms with E-state index in [1.165, 1.54) is 6.92 Å². The van der Waals surface area contributed by atoms with Crippen molar-refractivity contribution >= 4 is 23.4 Å². The molecule has 1 aromatic rings. The minimum atomic E-state index is -0.0632. The molecule has 0 heterocycles. The normalized spacial score (nSPS) is 10.2. The SMILES string of the molecule is CCCN(Cc1cccc(Cl)c1)C(=O)CCCNC(C)=O. The molecule has 0 fully saturated rings. The van der Waals surface area contributed by atoms with E-state index in [0.29, 0.717) is 31.0 Å². The molecule has 0 saturated heterocycles. The molecular weight excluding hydrogens is 288 g/mol.